The van der Waals surface area contributed by atoms with E-state index < -0.39 is 17.6 Å². The maximum absolute atomic E-state index is 12.5. The van der Waals surface area contributed by atoms with Crippen molar-refractivity contribution < 1.29 is 9.90 Å². The Hall–Kier alpha value is -2.49. The number of aliphatic hydroxyl groups excluding tert-OH is 1. The third-order valence-corrected chi connectivity index (χ3v) is 4.39. The molecule has 5 nitrogen and oxygen atoms in total. The van der Waals surface area contributed by atoms with Crippen molar-refractivity contribution in [1.29, 1.82) is 5.26 Å². The van der Waals surface area contributed by atoms with Gasteiger partial charge in [0.15, 0.2) is 0 Å². The third kappa shape index (κ3) is 3.23. The van der Waals surface area contributed by atoms with Crippen LogP contribution < -0.4 is 5.32 Å². The van der Waals surface area contributed by atoms with Crippen LogP contribution in [0.3, 0.4) is 0 Å². The Morgan fingerprint density at radius 1 is 1.33 bits per heavy atom. The first-order valence-electron chi connectivity index (χ1n) is 7.35. The summed E-state index contributed by atoms with van der Waals surface area (Å²) in [6, 6.07) is 16.4. The molecule has 0 aliphatic heterocycles. The van der Waals surface area contributed by atoms with Crippen molar-refractivity contribution in [3.05, 3.63) is 70.0 Å². The van der Waals surface area contributed by atoms with Crippen LogP contribution in [0, 0.1) is 11.3 Å². The van der Waals surface area contributed by atoms with E-state index in [1.54, 1.807) is 18.2 Å². The van der Waals surface area contributed by atoms with Crippen LogP contribution in [-0.2, 0) is 10.3 Å². The molecule has 1 aromatic heterocycles. The Balaban J connectivity index is 1.84. The minimum Gasteiger partial charge on any atom is -0.390 e. The van der Waals surface area contributed by atoms with Gasteiger partial charge in [0.2, 0.25) is 0 Å². The molecule has 1 heterocycles. The number of amides is 1. The molecule has 24 heavy (non-hydrogen) atoms. The van der Waals surface area contributed by atoms with Gasteiger partial charge in [0.25, 0.3) is 5.91 Å². The normalized spacial score (nSPS) is 22.5. The molecule has 1 aromatic carbocycles. The van der Waals surface area contributed by atoms with E-state index >= 15 is 0 Å². The highest BCUT2D eigenvalue weighted by molar-refractivity contribution is 9.10. The number of nitriles is 1. The van der Waals surface area contributed by atoms with Crippen LogP contribution in [0.2, 0.25) is 0 Å². The quantitative estimate of drug-likeness (QED) is 0.482. The second kappa shape index (κ2) is 6.56. The Morgan fingerprint density at radius 3 is 2.62 bits per heavy atom. The SMILES string of the molecule is N#C/C(=C\c1cccc(Br)n1)C(=O)N[C@]1(c2ccccc2)C[C@@H]1O. The van der Waals surface area contributed by atoms with Gasteiger partial charge in [-0.3, -0.25) is 4.79 Å². The number of halogens is 1. The number of carbonyl (C=O) groups excluding carboxylic acids is 1. The number of aliphatic hydroxyl groups is 1. The van der Waals surface area contributed by atoms with Crippen LogP contribution in [-0.4, -0.2) is 22.1 Å². The number of hydrogen-bond acceptors (Lipinski definition) is 4. The maximum Gasteiger partial charge on any atom is 0.262 e. The zero-order valence-corrected chi connectivity index (χ0v) is 14.2. The standard InChI is InChI=1S/C18H14BrN3O2/c19-16-8-4-7-14(21-16)9-12(11-20)17(24)22-18(10-15(18)23)13-5-2-1-3-6-13/h1-9,15,23H,10H2,(H,22,24)/b12-9+/t15-,18-/m0/s1. The predicted molar refractivity (Wildman–Crippen MR) is 92.4 cm³/mol. The zero-order valence-electron chi connectivity index (χ0n) is 12.6. The summed E-state index contributed by atoms with van der Waals surface area (Å²) in [5.41, 5.74) is 0.443. The van der Waals surface area contributed by atoms with Crippen LogP contribution in [0.1, 0.15) is 17.7 Å². The number of carbonyl (C=O) groups is 1. The molecule has 0 saturated heterocycles. The summed E-state index contributed by atoms with van der Waals surface area (Å²) in [5.74, 6) is -0.528. The Kier molecular flexibility index (Phi) is 4.47. The molecule has 0 unspecified atom stereocenters. The summed E-state index contributed by atoms with van der Waals surface area (Å²) in [6.45, 7) is 0. The van der Waals surface area contributed by atoms with Gasteiger partial charge >= 0.3 is 0 Å². The highest BCUT2D eigenvalue weighted by Crippen LogP contribution is 2.45. The number of nitrogens with one attached hydrogen (secondary N) is 1. The Bertz CT molecular complexity index is 845. The van der Waals surface area contributed by atoms with Crippen molar-refractivity contribution in [3.8, 4) is 6.07 Å². The van der Waals surface area contributed by atoms with E-state index in [-0.39, 0.29) is 5.57 Å². The fourth-order valence-corrected chi connectivity index (χ4v) is 2.93. The largest absolute Gasteiger partial charge is 0.390 e. The van der Waals surface area contributed by atoms with E-state index in [1.807, 2.05) is 36.4 Å². The maximum atomic E-state index is 12.5. The van der Waals surface area contributed by atoms with Gasteiger partial charge in [0.05, 0.1) is 17.3 Å². The van der Waals surface area contributed by atoms with Gasteiger partial charge in [-0.05, 0) is 39.7 Å². The van der Waals surface area contributed by atoms with Crippen LogP contribution in [0.25, 0.3) is 6.08 Å². The summed E-state index contributed by atoms with van der Waals surface area (Å²) in [6.07, 6.45) is 1.19. The molecular formula is C18H14BrN3O2. The first-order chi connectivity index (χ1) is 11.5. The second-order valence-corrected chi connectivity index (χ2v) is 6.38. The van der Waals surface area contributed by atoms with Crippen molar-refractivity contribution in [2.75, 3.05) is 0 Å². The van der Waals surface area contributed by atoms with Crippen molar-refractivity contribution in [2.45, 2.75) is 18.1 Å². The fourth-order valence-electron chi connectivity index (χ4n) is 2.57. The average Bonchev–Trinajstić information content (AvgIpc) is 3.24. The van der Waals surface area contributed by atoms with E-state index in [4.69, 9.17) is 0 Å². The first kappa shape index (κ1) is 16.4. The van der Waals surface area contributed by atoms with Crippen molar-refractivity contribution in [3.63, 3.8) is 0 Å². The molecule has 0 spiro atoms. The first-order valence-corrected chi connectivity index (χ1v) is 8.15. The molecule has 1 aliphatic carbocycles. The summed E-state index contributed by atoms with van der Waals surface area (Å²) in [4.78, 5) is 16.7. The highest BCUT2D eigenvalue weighted by atomic mass is 79.9. The molecule has 1 amide bonds. The summed E-state index contributed by atoms with van der Waals surface area (Å²) in [5, 5.41) is 22.1. The van der Waals surface area contributed by atoms with E-state index in [2.05, 4.69) is 26.2 Å². The summed E-state index contributed by atoms with van der Waals surface area (Å²) < 4.78 is 0.618. The summed E-state index contributed by atoms with van der Waals surface area (Å²) in [7, 11) is 0. The summed E-state index contributed by atoms with van der Waals surface area (Å²) >= 11 is 3.25. The van der Waals surface area contributed by atoms with Gasteiger partial charge < -0.3 is 10.4 Å². The van der Waals surface area contributed by atoms with Gasteiger partial charge in [0.1, 0.15) is 16.2 Å². The third-order valence-electron chi connectivity index (χ3n) is 3.94. The molecule has 1 saturated carbocycles. The van der Waals surface area contributed by atoms with E-state index in [1.165, 1.54) is 6.08 Å². The number of nitrogens with zero attached hydrogens (tertiary/aromatic N) is 2. The molecule has 0 radical (unpaired) electrons. The molecular weight excluding hydrogens is 370 g/mol. The lowest BCUT2D eigenvalue weighted by atomic mass is 10.0. The minimum atomic E-state index is -0.820. The molecule has 0 bridgehead atoms. The molecule has 2 N–H and O–H groups in total. The Morgan fingerprint density at radius 2 is 2.04 bits per heavy atom. The van der Waals surface area contributed by atoms with Crippen molar-refractivity contribution in [1.82, 2.24) is 10.3 Å². The van der Waals surface area contributed by atoms with Gasteiger partial charge in [-0.25, -0.2) is 4.98 Å². The van der Waals surface area contributed by atoms with Crippen LogP contribution in [0.4, 0.5) is 0 Å². The van der Waals surface area contributed by atoms with E-state index in [0.717, 1.165) is 5.56 Å². The monoisotopic (exact) mass is 383 g/mol. The number of benzene rings is 1. The number of aromatic nitrogens is 1. The molecule has 1 fully saturated rings. The van der Waals surface area contributed by atoms with Crippen molar-refractivity contribution in [2.24, 2.45) is 0 Å². The molecule has 2 aromatic rings. The van der Waals surface area contributed by atoms with E-state index in [9.17, 15) is 15.2 Å². The zero-order chi connectivity index (χ0) is 17.2. The van der Waals surface area contributed by atoms with Gasteiger partial charge in [-0.15, -0.1) is 0 Å². The van der Waals surface area contributed by atoms with Gasteiger partial charge in [0, 0.05) is 6.42 Å². The number of hydrogen-bond donors (Lipinski definition) is 2. The van der Waals surface area contributed by atoms with Gasteiger partial charge in [-0.2, -0.15) is 5.26 Å². The fraction of sp³-hybridized carbons (Fsp3) is 0.167. The number of rotatable bonds is 4. The van der Waals surface area contributed by atoms with Crippen LogP contribution in [0.15, 0.2) is 58.7 Å². The lowest BCUT2D eigenvalue weighted by Gasteiger charge is -2.18. The lowest BCUT2D eigenvalue weighted by Crippen LogP contribution is -2.38. The van der Waals surface area contributed by atoms with Gasteiger partial charge in [-0.1, -0.05) is 36.4 Å². The molecule has 3 rings (SSSR count). The Labute approximate surface area is 147 Å². The number of pyridine rings is 1. The lowest BCUT2D eigenvalue weighted by molar-refractivity contribution is -0.118. The highest BCUT2D eigenvalue weighted by Gasteiger charge is 2.56. The van der Waals surface area contributed by atoms with E-state index in [0.29, 0.717) is 16.7 Å². The second-order valence-electron chi connectivity index (χ2n) is 5.57. The molecule has 120 valence electrons. The molecule has 1 aliphatic rings. The average molecular weight is 384 g/mol. The topological polar surface area (TPSA) is 86.0 Å². The molecule has 6 heteroatoms. The van der Waals surface area contributed by atoms with Crippen LogP contribution >= 0.6 is 15.9 Å². The van der Waals surface area contributed by atoms with Crippen molar-refractivity contribution >= 4 is 27.9 Å². The molecule has 2 atom stereocenters. The predicted octanol–water partition coefficient (Wildman–Crippen LogP) is 2.53. The smallest absolute Gasteiger partial charge is 0.262 e. The van der Waals surface area contributed by atoms with Crippen LogP contribution in [0.5, 0.6) is 0 Å². The minimum absolute atomic E-state index is 0.0602.